The third kappa shape index (κ3) is 20.5. The summed E-state index contributed by atoms with van der Waals surface area (Å²) < 4.78 is 17.6. The number of nitrogens with one attached hydrogen (secondary N) is 5. The number of unbranched alkanes of at least 4 members (excludes halogenated alkanes) is 7. The first kappa shape index (κ1) is 56.1. The zero-order chi connectivity index (χ0) is 47.5. The minimum absolute atomic E-state index is 0.0335. The van der Waals surface area contributed by atoms with Crippen LogP contribution >= 0.6 is 0 Å². The summed E-state index contributed by atoms with van der Waals surface area (Å²) in [6, 6.07) is -6.26. The highest BCUT2D eigenvalue weighted by atomic mass is 16.6. The van der Waals surface area contributed by atoms with E-state index in [1.54, 1.807) is 62.3 Å². The third-order valence-corrected chi connectivity index (χ3v) is 10.9. The molecule has 0 radical (unpaired) electrons. The molecule has 9 atom stereocenters. The first-order valence-corrected chi connectivity index (χ1v) is 23.1. The molecule has 16 heteroatoms. The van der Waals surface area contributed by atoms with Crippen LogP contribution < -0.4 is 26.6 Å². The van der Waals surface area contributed by atoms with E-state index in [9.17, 15) is 33.6 Å². The maximum Gasteiger partial charge on any atom is 0.407 e. The van der Waals surface area contributed by atoms with Gasteiger partial charge in [0, 0.05) is 7.05 Å². The number of likely N-dealkylation sites (N-methyl/N-ethyl adjacent to an activating group) is 1. The molecule has 1 heterocycles. The zero-order valence-corrected chi connectivity index (χ0v) is 40.8. The van der Waals surface area contributed by atoms with Crippen molar-refractivity contribution in [3.05, 3.63) is 0 Å². The van der Waals surface area contributed by atoms with Crippen molar-refractivity contribution < 1.29 is 47.8 Å². The summed E-state index contributed by atoms with van der Waals surface area (Å²) in [5.74, 6) is -5.45. The Morgan fingerprint density at radius 2 is 1.29 bits per heavy atom. The van der Waals surface area contributed by atoms with Gasteiger partial charge in [-0.15, -0.1) is 0 Å². The van der Waals surface area contributed by atoms with Crippen LogP contribution in [0.15, 0.2) is 0 Å². The number of rotatable bonds is 17. The maximum absolute atomic E-state index is 14.4. The molecule has 1 aliphatic heterocycles. The van der Waals surface area contributed by atoms with E-state index in [1.165, 1.54) is 31.7 Å². The molecule has 0 aromatic carbocycles. The van der Waals surface area contributed by atoms with Gasteiger partial charge in [-0.25, -0.2) is 9.59 Å². The van der Waals surface area contributed by atoms with Crippen molar-refractivity contribution in [1.82, 2.24) is 31.5 Å². The van der Waals surface area contributed by atoms with Gasteiger partial charge in [0.25, 0.3) is 0 Å². The van der Waals surface area contributed by atoms with Gasteiger partial charge < -0.3 is 45.7 Å². The molecule has 1 aliphatic rings. The average Bonchev–Trinajstić information content (AvgIpc) is 3.16. The average molecular weight is 881 g/mol. The summed E-state index contributed by atoms with van der Waals surface area (Å²) >= 11 is 0. The van der Waals surface area contributed by atoms with Gasteiger partial charge in [0.2, 0.25) is 29.5 Å². The molecular formula is C46H84N6O10. The summed E-state index contributed by atoms with van der Waals surface area (Å²) in [5, 5.41) is 13.4. The lowest BCUT2D eigenvalue weighted by atomic mass is 9.94. The highest BCUT2D eigenvalue weighted by Crippen LogP contribution is 2.23. The van der Waals surface area contributed by atoms with Gasteiger partial charge in [-0.3, -0.25) is 24.0 Å². The molecule has 0 bridgehead atoms. The lowest BCUT2D eigenvalue weighted by Crippen LogP contribution is -2.63. The normalized spacial score (nSPS) is 25.3. The van der Waals surface area contributed by atoms with Gasteiger partial charge in [0.1, 0.15) is 41.9 Å². The van der Waals surface area contributed by atoms with E-state index < -0.39 is 114 Å². The molecule has 62 heavy (non-hydrogen) atoms. The van der Waals surface area contributed by atoms with Gasteiger partial charge in [-0.2, -0.15) is 0 Å². The maximum atomic E-state index is 14.4. The predicted molar refractivity (Wildman–Crippen MR) is 240 cm³/mol. The van der Waals surface area contributed by atoms with Crippen LogP contribution in [0.2, 0.25) is 0 Å². The number of carbonyl (C=O) groups excluding carboxylic acids is 7. The van der Waals surface area contributed by atoms with Gasteiger partial charge in [-0.05, 0) is 86.5 Å². The second-order valence-electron chi connectivity index (χ2n) is 19.6. The van der Waals surface area contributed by atoms with Crippen LogP contribution in [0.25, 0.3) is 0 Å². The Kier molecular flexibility index (Phi) is 24.1. The SMILES string of the molecule is CCCCCCCCCC[C@H]1OC(=O)[C@H](C)NC(=O)[C@H]([C@H](C)OC(C)(C)C)NC(=O)[C@H](CNC(=O)OC(C)(C)C)NC(=O)[C@H]([C@H](C)CC)NC(=O)[C@H](CC(C)C)N(C)C(=O)[C@@H]1C. The molecule has 6 amide bonds. The molecule has 358 valence electrons. The Morgan fingerprint density at radius 3 is 1.82 bits per heavy atom. The minimum Gasteiger partial charge on any atom is -0.460 e. The molecule has 0 aromatic heterocycles. The fraction of sp³-hybridized carbons (Fsp3) is 0.848. The summed E-state index contributed by atoms with van der Waals surface area (Å²) in [7, 11) is 1.54. The molecular weight excluding hydrogens is 797 g/mol. The quantitative estimate of drug-likeness (QED) is 0.0891. The molecule has 0 spiro atoms. The molecule has 16 nitrogen and oxygen atoms in total. The van der Waals surface area contributed by atoms with Gasteiger partial charge in [0.15, 0.2) is 0 Å². The monoisotopic (exact) mass is 881 g/mol. The molecule has 0 saturated carbocycles. The second-order valence-corrected chi connectivity index (χ2v) is 19.6. The minimum atomic E-state index is -1.48. The molecule has 0 unspecified atom stereocenters. The van der Waals surface area contributed by atoms with Crippen LogP contribution in [0.3, 0.4) is 0 Å². The van der Waals surface area contributed by atoms with Crippen LogP contribution in [0.4, 0.5) is 4.79 Å². The Balaban J connectivity index is 3.86. The van der Waals surface area contributed by atoms with E-state index in [2.05, 4.69) is 33.5 Å². The topological polar surface area (TPSA) is 211 Å². The van der Waals surface area contributed by atoms with E-state index in [4.69, 9.17) is 14.2 Å². The number of ether oxygens (including phenoxy) is 3. The first-order valence-electron chi connectivity index (χ1n) is 23.1. The fourth-order valence-corrected chi connectivity index (χ4v) is 7.22. The van der Waals surface area contributed by atoms with Crippen LogP contribution in [-0.4, -0.2) is 114 Å². The molecule has 0 aromatic rings. The van der Waals surface area contributed by atoms with Crippen molar-refractivity contribution in [3.63, 3.8) is 0 Å². The second kappa shape index (κ2) is 26.6. The third-order valence-electron chi connectivity index (χ3n) is 10.9. The smallest absolute Gasteiger partial charge is 0.407 e. The number of nitrogens with zero attached hydrogens (tertiary/aromatic N) is 1. The number of amides is 6. The van der Waals surface area contributed by atoms with Gasteiger partial charge in [-0.1, -0.05) is 92.9 Å². The lowest BCUT2D eigenvalue weighted by molar-refractivity contribution is -0.160. The highest BCUT2D eigenvalue weighted by Gasteiger charge is 2.40. The van der Waals surface area contributed by atoms with E-state index in [0.717, 1.165) is 32.1 Å². The fourth-order valence-electron chi connectivity index (χ4n) is 7.22. The van der Waals surface area contributed by atoms with E-state index in [1.807, 2.05) is 20.8 Å². The number of hydrogen-bond donors (Lipinski definition) is 5. The Bertz CT molecular complexity index is 1460. The van der Waals surface area contributed by atoms with Crippen molar-refractivity contribution in [2.24, 2.45) is 17.8 Å². The number of cyclic esters (lactones) is 1. The zero-order valence-electron chi connectivity index (χ0n) is 40.8. The van der Waals surface area contributed by atoms with Crippen molar-refractivity contribution in [1.29, 1.82) is 0 Å². The largest absolute Gasteiger partial charge is 0.460 e. The summed E-state index contributed by atoms with van der Waals surface area (Å²) in [5.41, 5.74) is -1.63. The van der Waals surface area contributed by atoms with Crippen LogP contribution in [0.1, 0.15) is 168 Å². The number of carbonyl (C=O) groups is 7. The number of alkyl carbamates (subject to hydrolysis) is 1. The Labute approximate surface area is 372 Å². The van der Waals surface area contributed by atoms with Crippen LogP contribution in [0.5, 0.6) is 0 Å². The van der Waals surface area contributed by atoms with E-state index in [-0.39, 0.29) is 12.3 Å². The molecule has 5 N–H and O–H groups in total. The van der Waals surface area contributed by atoms with Crippen molar-refractivity contribution in [3.8, 4) is 0 Å². The van der Waals surface area contributed by atoms with E-state index in [0.29, 0.717) is 19.3 Å². The van der Waals surface area contributed by atoms with Crippen molar-refractivity contribution in [2.45, 2.75) is 221 Å². The predicted octanol–water partition coefficient (Wildman–Crippen LogP) is 5.69. The molecule has 1 saturated heterocycles. The van der Waals surface area contributed by atoms with Crippen LogP contribution in [-0.2, 0) is 43.0 Å². The number of esters is 1. The Morgan fingerprint density at radius 1 is 0.742 bits per heavy atom. The first-order chi connectivity index (χ1) is 28.7. The molecule has 0 aliphatic carbocycles. The lowest BCUT2D eigenvalue weighted by Gasteiger charge is -2.34. The van der Waals surface area contributed by atoms with Gasteiger partial charge >= 0.3 is 12.1 Å². The van der Waals surface area contributed by atoms with Crippen LogP contribution in [0, 0.1) is 17.8 Å². The molecule has 1 rings (SSSR count). The van der Waals surface area contributed by atoms with Crippen molar-refractivity contribution in [2.75, 3.05) is 13.6 Å². The van der Waals surface area contributed by atoms with Crippen molar-refractivity contribution >= 4 is 41.6 Å². The summed E-state index contributed by atoms with van der Waals surface area (Å²) in [6.45, 7) is 24.3. The highest BCUT2D eigenvalue weighted by molar-refractivity contribution is 5.97. The Hall–Kier alpha value is -3.95. The summed E-state index contributed by atoms with van der Waals surface area (Å²) in [4.78, 5) is 99.3. The number of hydrogen-bond acceptors (Lipinski definition) is 10. The molecule has 1 fully saturated rings. The standard InChI is InChI=1S/C46H84N6O10/c1-16-18-19-20-21-22-23-24-25-35-30(6)42(57)52(15)34(26-28(3)4)39(54)50-36(29(5)17-2)40(55)49-33(27-47-44(59)62-46(12,13)14)38(53)51-37(32(8)61-45(9,10)11)41(56)48-31(7)43(58)60-35/h28-37H,16-27H2,1-15H3,(H,47,59)(H,48,56)(H,49,55)(H,50,54)(H,51,53)/t29-,30-,31+,32+,33+,34+,35-,36+,37+/m1/s1. The summed E-state index contributed by atoms with van der Waals surface area (Å²) in [6.07, 6.45) is 6.76. The van der Waals surface area contributed by atoms with Gasteiger partial charge in [0.05, 0.1) is 24.2 Å². The van der Waals surface area contributed by atoms with E-state index >= 15 is 0 Å².